The third kappa shape index (κ3) is 5.35. The Morgan fingerprint density at radius 1 is 1.33 bits per heavy atom. The van der Waals surface area contributed by atoms with E-state index in [4.69, 9.17) is 4.74 Å². The van der Waals surface area contributed by atoms with E-state index in [9.17, 15) is 4.79 Å². The van der Waals surface area contributed by atoms with Crippen molar-refractivity contribution in [2.45, 2.75) is 31.6 Å². The number of hydrogen-bond donors (Lipinski definition) is 0. The van der Waals surface area contributed by atoms with Crippen LogP contribution in [0.2, 0.25) is 0 Å². The van der Waals surface area contributed by atoms with Crippen LogP contribution in [0.15, 0.2) is 41.8 Å². The minimum Gasteiger partial charge on any atom is -0.383 e. The van der Waals surface area contributed by atoms with Crippen LogP contribution in [0.4, 0.5) is 0 Å². The number of rotatable bonds is 9. The van der Waals surface area contributed by atoms with Gasteiger partial charge in [0, 0.05) is 26.2 Å². The van der Waals surface area contributed by atoms with Crippen molar-refractivity contribution in [3.63, 3.8) is 0 Å². The first-order valence-electron chi connectivity index (χ1n) is 7.94. The van der Waals surface area contributed by atoms with E-state index in [1.165, 1.54) is 11.8 Å². The number of nitrogens with zero attached hydrogens (tertiary/aromatic N) is 4. The Morgan fingerprint density at radius 3 is 2.75 bits per heavy atom. The normalized spacial score (nSPS) is 11.0. The fraction of sp³-hybridized carbons (Fsp3) is 0.471. The first-order chi connectivity index (χ1) is 11.6. The van der Waals surface area contributed by atoms with Crippen molar-refractivity contribution >= 4 is 17.7 Å². The second kappa shape index (κ2) is 9.44. The van der Waals surface area contributed by atoms with Gasteiger partial charge in [-0.05, 0) is 19.4 Å². The van der Waals surface area contributed by atoms with Crippen LogP contribution >= 0.6 is 11.8 Å². The van der Waals surface area contributed by atoms with Crippen molar-refractivity contribution in [2.24, 2.45) is 0 Å². The summed E-state index contributed by atoms with van der Waals surface area (Å²) in [5, 5.41) is 8.79. The van der Waals surface area contributed by atoms with Crippen LogP contribution < -0.4 is 0 Å². The lowest BCUT2D eigenvalue weighted by atomic mass is 10.2. The van der Waals surface area contributed by atoms with Crippen molar-refractivity contribution < 1.29 is 9.53 Å². The molecule has 0 unspecified atom stereocenters. The third-order valence-corrected chi connectivity index (χ3v) is 4.50. The quantitative estimate of drug-likeness (QED) is 0.652. The maximum Gasteiger partial charge on any atom is 0.233 e. The number of aromatic nitrogens is 3. The van der Waals surface area contributed by atoms with Crippen LogP contribution in [0.3, 0.4) is 0 Å². The van der Waals surface area contributed by atoms with Gasteiger partial charge in [-0.1, -0.05) is 42.1 Å². The summed E-state index contributed by atoms with van der Waals surface area (Å²) in [6, 6.07) is 10.2. The highest BCUT2D eigenvalue weighted by atomic mass is 32.2. The molecule has 0 saturated heterocycles. The number of amides is 1. The van der Waals surface area contributed by atoms with E-state index in [0.29, 0.717) is 25.4 Å². The van der Waals surface area contributed by atoms with Gasteiger partial charge in [-0.25, -0.2) is 0 Å². The van der Waals surface area contributed by atoms with Gasteiger partial charge >= 0.3 is 0 Å². The van der Waals surface area contributed by atoms with E-state index in [1.54, 1.807) is 13.4 Å². The molecule has 0 atom stereocenters. The second-order valence-corrected chi connectivity index (χ2v) is 6.64. The zero-order chi connectivity index (χ0) is 17.4. The Morgan fingerprint density at radius 2 is 2.08 bits per heavy atom. The molecule has 1 amide bonds. The Bertz CT molecular complexity index is 631. The van der Waals surface area contributed by atoms with Gasteiger partial charge in [0.05, 0.1) is 12.4 Å². The fourth-order valence-corrected chi connectivity index (χ4v) is 3.15. The van der Waals surface area contributed by atoms with Crippen molar-refractivity contribution in [1.82, 2.24) is 19.7 Å². The maximum absolute atomic E-state index is 12.6. The minimum atomic E-state index is 0.0687. The molecule has 0 bridgehead atoms. The Kier molecular flexibility index (Phi) is 7.27. The van der Waals surface area contributed by atoms with E-state index in [2.05, 4.69) is 24.0 Å². The lowest BCUT2D eigenvalue weighted by molar-refractivity contribution is -0.129. The molecule has 0 spiro atoms. The monoisotopic (exact) mass is 348 g/mol. The summed E-state index contributed by atoms with van der Waals surface area (Å²) < 4.78 is 7.10. The topological polar surface area (TPSA) is 60.2 Å². The Balaban J connectivity index is 1.97. The van der Waals surface area contributed by atoms with Crippen LogP contribution in [0.25, 0.3) is 0 Å². The first kappa shape index (κ1) is 18.5. The predicted octanol–water partition coefficient (Wildman–Crippen LogP) is 2.63. The molecule has 0 aliphatic carbocycles. The number of thioether (sulfide) groups is 1. The van der Waals surface area contributed by atoms with Gasteiger partial charge in [-0.15, -0.1) is 10.2 Å². The molecule has 0 aliphatic rings. The SMILES string of the molecule is COCCN(Cc1ccccc1)C(=O)CSc1nncn1C(C)C. The Labute approximate surface area is 147 Å². The van der Waals surface area contributed by atoms with Crippen molar-refractivity contribution in [3.05, 3.63) is 42.2 Å². The van der Waals surface area contributed by atoms with Gasteiger partial charge in [0.25, 0.3) is 0 Å². The van der Waals surface area contributed by atoms with Gasteiger partial charge in [-0.3, -0.25) is 4.79 Å². The predicted molar refractivity (Wildman–Crippen MR) is 94.9 cm³/mol. The molecule has 1 heterocycles. The Hall–Kier alpha value is -1.86. The molecule has 0 saturated carbocycles. The molecule has 0 fully saturated rings. The number of benzene rings is 1. The number of carbonyl (C=O) groups is 1. The molecular formula is C17H24N4O2S. The highest BCUT2D eigenvalue weighted by molar-refractivity contribution is 7.99. The largest absolute Gasteiger partial charge is 0.383 e. The van der Waals surface area contributed by atoms with Gasteiger partial charge in [0.15, 0.2) is 5.16 Å². The lowest BCUT2D eigenvalue weighted by Gasteiger charge is -2.22. The van der Waals surface area contributed by atoms with Gasteiger partial charge in [0.2, 0.25) is 5.91 Å². The molecule has 130 valence electrons. The van der Waals surface area contributed by atoms with Crippen molar-refractivity contribution in [1.29, 1.82) is 0 Å². The van der Waals surface area contributed by atoms with E-state index in [0.717, 1.165) is 10.7 Å². The third-order valence-electron chi connectivity index (χ3n) is 3.56. The molecule has 1 aromatic heterocycles. The summed E-state index contributed by atoms with van der Waals surface area (Å²) in [7, 11) is 1.64. The van der Waals surface area contributed by atoms with Crippen molar-refractivity contribution in [2.75, 3.05) is 26.0 Å². The number of hydrogen-bond acceptors (Lipinski definition) is 5. The van der Waals surface area contributed by atoms with Gasteiger partial charge in [-0.2, -0.15) is 0 Å². The molecule has 0 aliphatic heterocycles. The highest BCUT2D eigenvalue weighted by Gasteiger charge is 2.16. The maximum atomic E-state index is 12.6. The smallest absolute Gasteiger partial charge is 0.233 e. The first-order valence-corrected chi connectivity index (χ1v) is 8.93. The van der Waals surface area contributed by atoms with Crippen molar-refractivity contribution in [3.8, 4) is 0 Å². The highest BCUT2D eigenvalue weighted by Crippen LogP contribution is 2.19. The van der Waals surface area contributed by atoms with Crippen LogP contribution in [0, 0.1) is 0 Å². The molecular weight excluding hydrogens is 324 g/mol. The van der Waals surface area contributed by atoms with Crippen LogP contribution in [-0.2, 0) is 16.1 Å². The zero-order valence-electron chi connectivity index (χ0n) is 14.4. The number of ether oxygens (including phenoxy) is 1. The summed E-state index contributed by atoms with van der Waals surface area (Å²) in [4.78, 5) is 14.4. The summed E-state index contributed by atoms with van der Waals surface area (Å²) in [6.07, 6.45) is 1.70. The van der Waals surface area contributed by atoms with Crippen LogP contribution in [0.5, 0.6) is 0 Å². The number of carbonyl (C=O) groups excluding carboxylic acids is 1. The molecule has 6 nitrogen and oxygen atoms in total. The average Bonchev–Trinajstić information content (AvgIpc) is 3.06. The fourth-order valence-electron chi connectivity index (χ4n) is 2.20. The lowest BCUT2D eigenvalue weighted by Crippen LogP contribution is -2.34. The molecule has 2 aromatic rings. The van der Waals surface area contributed by atoms with Crippen LogP contribution in [0.1, 0.15) is 25.5 Å². The van der Waals surface area contributed by atoms with E-state index in [-0.39, 0.29) is 11.9 Å². The minimum absolute atomic E-state index is 0.0687. The van der Waals surface area contributed by atoms with Gasteiger partial charge in [0.1, 0.15) is 6.33 Å². The van der Waals surface area contributed by atoms with Crippen LogP contribution in [-0.4, -0.2) is 51.6 Å². The summed E-state index contributed by atoms with van der Waals surface area (Å²) >= 11 is 1.42. The molecule has 2 rings (SSSR count). The zero-order valence-corrected chi connectivity index (χ0v) is 15.2. The summed E-state index contributed by atoms with van der Waals surface area (Å²) in [5.74, 6) is 0.404. The van der Waals surface area contributed by atoms with E-state index < -0.39 is 0 Å². The molecule has 0 radical (unpaired) electrons. The number of methoxy groups -OCH3 is 1. The van der Waals surface area contributed by atoms with E-state index >= 15 is 0 Å². The summed E-state index contributed by atoms with van der Waals surface area (Å²) in [6.45, 7) is 5.80. The second-order valence-electron chi connectivity index (χ2n) is 5.70. The molecule has 7 heteroatoms. The molecule has 24 heavy (non-hydrogen) atoms. The standard InChI is InChI=1S/C17H24N4O2S/c1-14(2)21-13-18-19-17(21)24-12-16(22)20(9-10-23-3)11-15-7-5-4-6-8-15/h4-8,13-14H,9-12H2,1-3H3. The van der Waals surface area contributed by atoms with E-state index in [1.807, 2.05) is 39.8 Å². The average molecular weight is 348 g/mol. The summed E-state index contributed by atoms with van der Waals surface area (Å²) in [5.41, 5.74) is 1.11. The van der Waals surface area contributed by atoms with Gasteiger partial charge < -0.3 is 14.2 Å². The molecule has 0 N–H and O–H groups in total. The molecule has 1 aromatic carbocycles.